The first-order valence-electron chi connectivity index (χ1n) is 4.33. The quantitative estimate of drug-likeness (QED) is 0.819. The van der Waals surface area contributed by atoms with Crippen molar-refractivity contribution in [3.63, 3.8) is 0 Å². The number of likely N-dealkylation sites (tertiary alicyclic amines) is 1. The zero-order valence-corrected chi connectivity index (χ0v) is 9.11. The lowest BCUT2D eigenvalue weighted by Crippen LogP contribution is -2.26. The second kappa shape index (κ2) is 4.96. The molecule has 0 bridgehead atoms. The highest BCUT2D eigenvalue weighted by Crippen LogP contribution is 2.13. The zero-order valence-electron chi connectivity index (χ0n) is 7.48. The average Bonchev–Trinajstić information content (AvgIpc) is 2.63. The van der Waals surface area contributed by atoms with Crippen molar-refractivity contribution in [3.8, 4) is 0 Å². The molecule has 1 fully saturated rings. The van der Waals surface area contributed by atoms with Crippen LogP contribution in [0.4, 0.5) is 0 Å². The fourth-order valence-electron chi connectivity index (χ4n) is 1.65. The van der Waals surface area contributed by atoms with E-state index in [1.54, 1.807) is 11.3 Å². The lowest BCUT2D eigenvalue weighted by Gasteiger charge is -2.13. The zero-order chi connectivity index (χ0) is 8.39. The van der Waals surface area contributed by atoms with Gasteiger partial charge in [-0.25, -0.2) is 0 Å². The average molecular weight is 219 g/mol. The molecule has 2 rings (SSSR count). The molecule has 1 atom stereocenters. The Morgan fingerprint density at radius 3 is 3.00 bits per heavy atom. The van der Waals surface area contributed by atoms with Crippen LogP contribution in [0.1, 0.15) is 12.0 Å². The van der Waals surface area contributed by atoms with Crippen LogP contribution in [0.3, 0.4) is 0 Å². The monoisotopic (exact) mass is 218 g/mol. The van der Waals surface area contributed by atoms with Crippen LogP contribution in [0, 0.1) is 0 Å². The van der Waals surface area contributed by atoms with Crippen LogP contribution in [0.5, 0.6) is 0 Å². The van der Waals surface area contributed by atoms with Crippen molar-refractivity contribution < 1.29 is 0 Å². The van der Waals surface area contributed by atoms with Crippen LogP contribution in [-0.2, 0) is 6.54 Å². The van der Waals surface area contributed by atoms with Gasteiger partial charge in [0.1, 0.15) is 0 Å². The van der Waals surface area contributed by atoms with Crippen molar-refractivity contribution >= 4 is 23.7 Å². The number of hydrogen-bond acceptors (Lipinski definition) is 3. The summed E-state index contributed by atoms with van der Waals surface area (Å²) in [5, 5.41) is 4.34. The Morgan fingerprint density at radius 1 is 1.62 bits per heavy atom. The van der Waals surface area contributed by atoms with Gasteiger partial charge in [-0.05, 0) is 28.8 Å². The molecule has 0 aromatic carbocycles. The molecule has 2 N–H and O–H groups in total. The van der Waals surface area contributed by atoms with E-state index in [4.69, 9.17) is 5.73 Å². The van der Waals surface area contributed by atoms with E-state index < -0.39 is 0 Å². The van der Waals surface area contributed by atoms with E-state index in [0.717, 1.165) is 26.1 Å². The summed E-state index contributed by atoms with van der Waals surface area (Å²) < 4.78 is 0. The van der Waals surface area contributed by atoms with E-state index in [0.29, 0.717) is 6.04 Å². The van der Waals surface area contributed by atoms with Crippen molar-refractivity contribution in [1.29, 1.82) is 0 Å². The van der Waals surface area contributed by atoms with Gasteiger partial charge in [-0.15, -0.1) is 12.4 Å². The van der Waals surface area contributed by atoms with E-state index in [-0.39, 0.29) is 12.4 Å². The lowest BCUT2D eigenvalue weighted by molar-refractivity contribution is 0.327. The predicted octanol–water partition coefficient (Wildman–Crippen LogP) is 1.70. The van der Waals surface area contributed by atoms with Gasteiger partial charge in [0.05, 0.1) is 0 Å². The Labute approximate surface area is 89.1 Å². The molecule has 1 aliphatic rings. The molecule has 0 amide bonds. The molecule has 1 saturated heterocycles. The van der Waals surface area contributed by atoms with Gasteiger partial charge < -0.3 is 5.73 Å². The molecule has 1 aromatic heterocycles. The molecule has 0 saturated carbocycles. The van der Waals surface area contributed by atoms with Crippen LogP contribution in [-0.4, -0.2) is 24.0 Å². The third-order valence-electron chi connectivity index (χ3n) is 2.30. The molecule has 1 aliphatic heterocycles. The standard InChI is InChI=1S/C9H14N2S.ClH/c10-9-1-3-11(6-9)5-8-2-4-12-7-8;/h2,4,7,9H,1,3,5-6,10H2;1H. The van der Waals surface area contributed by atoms with Crippen LogP contribution in [0.25, 0.3) is 0 Å². The minimum absolute atomic E-state index is 0. The first-order valence-corrected chi connectivity index (χ1v) is 5.28. The Hall–Kier alpha value is -0.0900. The molecule has 1 unspecified atom stereocenters. The maximum atomic E-state index is 5.82. The van der Waals surface area contributed by atoms with Crippen LogP contribution < -0.4 is 5.73 Å². The van der Waals surface area contributed by atoms with Gasteiger partial charge in [0, 0.05) is 25.7 Å². The molecular formula is C9H15ClN2S. The van der Waals surface area contributed by atoms with E-state index in [1.165, 1.54) is 5.56 Å². The van der Waals surface area contributed by atoms with Gasteiger partial charge in [-0.3, -0.25) is 4.90 Å². The normalized spacial score (nSPS) is 23.0. The number of halogens is 1. The lowest BCUT2D eigenvalue weighted by atomic mass is 10.3. The van der Waals surface area contributed by atoms with Crippen molar-refractivity contribution in [2.75, 3.05) is 13.1 Å². The summed E-state index contributed by atoms with van der Waals surface area (Å²) >= 11 is 1.77. The highest BCUT2D eigenvalue weighted by molar-refractivity contribution is 7.07. The molecule has 1 aromatic rings. The maximum Gasteiger partial charge on any atom is 0.0242 e. The Morgan fingerprint density at radius 2 is 2.46 bits per heavy atom. The fraction of sp³-hybridized carbons (Fsp3) is 0.556. The van der Waals surface area contributed by atoms with E-state index in [9.17, 15) is 0 Å². The van der Waals surface area contributed by atoms with E-state index in [1.807, 2.05) is 0 Å². The molecule has 2 heterocycles. The number of thiophene rings is 1. The third kappa shape index (κ3) is 2.95. The van der Waals surface area contributed by atoms with Crippen LogP contribution in [0.15, 0.2) is 16.8 Å². The van der Waals surface area contributed by atoms with Gasteiger partial charge >= 0.3 is 0 Å². The molecule has 0 radical (unpaired) electrons. The van der Waals surface area contributed by atoms with E-state index in [2.05, 4.69) is 21.7 Å². The van der Waals surface area contributed by atoms with E-state index >= 15 is 0 Å². The first-order chi connectivity index (χ1) is 5.84. The Bertz CT molecular complexity index is 238. The van der Waals surface area contributed by atoms with Gasteiger partial charge in [-0.1, -0.05) is 0 Å². The van der Waals surface area contributed by atoms with Crippen molar-refractivity contribution in [3.05, 3.63) is 22.4 Å². The highest BCUT2D eigenvalue weighted by atomic mass is 35.5. The van der Waals surface area contributed by atoms with Gasteiger partial charge in [0.25, 0.3) is 0 Å². The number of hydrogen-bond donors (Lipinski definition) is 1. The molecule has 13 heavy (non-hydrogen) atoms. The fourth-order valence-corrected chi connectivity index (χ4v) is 2.31. The number of rotatable bonds is 2. The summed E-state index contributed by atoms with van der Waals surface area (Å²) in [5.74, 6) is 0. The SMILES string of the molecule is Cl.NC1CCN(Cc2ccsc2)C1. The predicted molar refractivity (Wildman–Crippen MR) is 59.4 cm³/mol. The summed E-state index contributed by atoms with van der Waals surface area (Å²) in [6.07, 6.45) is 1.16. The van der Waals surface area contributed by atoms with Gasteiger partial charge in [0.15, 0.2) is 0 Å². The summed E-state index contributed by atoms with van der Waals surface area (Å²) in [5.41, 5.74) is 7.24. The van der Waals surface area contributed by atoms with Gasteiger partial charge in [0.2, 0.25) is 0 Å². The Kier molecular flexibility index (Phi) is 4.19. The smallest absolute Gasteiger partial charge is 0.0242 e. The minimum Gasteiger partial charge on any atom is -0.326 e. The maximum absolute atomic E-state index is 5.82. The second-order valence-electron chi connectivity index (χ2n) is 3.42. The first kappa shape index (κ1) is 11.0. The van der Waals surface area contributed by atoms with Crippen LogP contribution in [0.2, 0.25) is 0 Å². The summed E-state index contributed by atoms with van der Waals surface area (Å²) in [6, 6.07) is 2.60. The summed E-state index contributed by atoms with van der Waals surface area (Å²) in [4.78, 5) is 2.42. The Balaban J connectivity index is 0.000000845. The summed E-state index contributed by atoms with van der Waals surface area (Å²) in [6.45, 7) is 3.31. The van der Waals surface area contributed by atoms with Crippen molar-refractivity contribution in [2.45, 2.75) is 19.0 Å². The van der Waals surface area contributed by atoms with Crippen molar-refractivity contribution in [1.82, 2.24) is 4.90 Å². The third-order valence-corrected chi connectivity index (χ3v) is 3.03. The largest absolute Gasteiger partial charge is 0.326 e. The minimum atomic E-state index is 0. The molecule has 0 aliphatic carbocycles. The molecule has 0 spiro atoms. The number of nitrogens with zero attached hydrogens (tertiary/aromatic N) is 1. The summed E-state index contributed by atoms with van der Waals surface area (Å²) in [7, 11) is 0. The van der Waals surface area contributed by atoms with Crippen molar-refractivity contribution in [2.24, 2.45) is 5.73 Å². The molecule has 2 nitrogen and oxygen atoms in total. The molecular weight excluding hydrogens is 204 g/mol. The molecule has 4 heteroatoms. The van der Waals surface area contributed by atoms with Crippen LogP contribution >= 0.6 is 23.7 Å². The van der Waals surface area contributed by atoms with Gasteiger partial charge in [-0.2, -0.15) is 11.3 Å². The topological polar surface area (TPSA) is 29.3 Å². The molecule has 74 valence electrons. The number of nitrogens with two attached hydrogens (primary N) is 1. The second-order valence-corrected chi connectivity index (χ2v) is 4.20. The highest BCUT2D eigenvalue weighted by Gasteiger charge is 2.18.